The van der Waals surface area contributed by atoms with E-state index < -0.39 is 6.10 Å². The van der Waals surface area contributed by atoms with Crippen molar-refractivity contribution in [1.29, 1.82) is 0 Å². The molecular formula is C16H14N2O5S. The second-order valence-electron chi connectivity index (χ2n) is 4.84. The van der Waals surface area contributed by atoms with E-state index >= 15 is 0 Å². The molecule has 3 aromatic rings. The first-order chi connectivity index (χ1) is 11.6. The molecule has 2 amide bonds. The van der Waals surface area contributed by atoms with Gasteiger partial charge in [-0.25, -0.2) is 0 Å². The van der Waals surface area contributed by atoms with Crippen LogP contribution in [0.4, 0.5) is 5.00 Å². The van der Waals surface area contributed by atoms with Gasteiger partial charge in [0, 0.05) is 0 Å². The lowest BCUT2D eigenvalue weighted by atomic mass is 10.2. The van der Waals surface area contributed by atoms with Crippen LogP contribution < -0.4 is 10.6 Å². The Morgan fingerprint density at radius 3 is 2.58 bits per heavy atom. The van der Waals surface area contributed by atoms with E-state index in [9.17, 15) is 14.7 Å². The molecule has 0 radical (unpaired) electrons. The zero-order chi connectivity index (χ0) is 16.9. The summed E-state index contributed by atoms with van der Waals surface area (Å²) in [6, 6.07) is 9.68. The number of hydrogen-bond acceptors (Lipinski definition) is 6. The first-order valence-corrected chi connectivity index (χ1v) is 7.89. The molecule has 3 aromatic heterocycles. The van der Waals surface area contributed by atoms with Crippen molar-refractivity contribution in [3.8, 4) is 0 Å². The van der Waals surface area contributed by atoms with Crippen LogP contribution in [0.1, 0.15) is 32.1 Å². The fraction of sp³-hybridized carbons (Fsp3) is 0.125. The predicted octanol–water partition coefficient (Wildman–Crippen LogP) is 2.65. The average molecular weight is 346 g/mol. The van der Waals surface area contributed by atoms with Crippen molar-refractivity contribution >= 4 is 28.2 Å². The third kappa shape index (κ3) is 3.73. The fourth-order valence-corrected chi connectivity index (χ4v) is 2.78. The minimum Gasteiger partial charge on any atom is -0.467 e. The Bertz CT molecular complexity index is 808. The first-order valence-electron chi connectivity index (χ1n) is 7.08. The number of amides is 2. The maximum atomic E-state index is 12.1. The number of aliphatic hydroxyl groups is 1. The van der Waals surface area contributed by atoms with E-state index in [-0.39, 0.29) is 24.1 Å². The molecule has 124 valence electrons. The summed E-state index contributed by atoms with van der Waals surface area (Å²) in [5, 5.41) is 15.6. The Balaban J connectivity index is 1.54. The van der Waals surface area contributed by atoms with Crippen molar-refractivity contribution < 1.29 is 23.5 Å². The Morgan fingerprint density at radius 1 is 1.08 bits per heavy atom. The first kappa shape index (κ1) is 16.0. The number of nitrogens with one attached hydrogen (secondary N) is 2. The van der Waals surface area contributed by atoms with Crippen LogP contribution in [0.2, 0.25) is 0 Å². The molecule has 1 atom stereocenters. The summed E-state index contributed by atoms with van der Waals surface area (Å²) >= 11 is 1.13. The van der Waals surface area contributed by atoms with Crippen LogP contribution in [0, 0.1) is 0 Å². The normalized spacial score (nSPS) is 11.9. The van der Waals surface area contributed by atoms with Gasteiger partial charge in [0.05, 0.1) is 28.9 Å². The van der Waals surface area contributed by atoms with Gasteiger partial charge in [0.2, 0.25) is 0 Å². The number of carbonyl (C=O) groups is 2. The van der Waals surface area contributed by atoms with Gasteiger partial charge in [-0.3, -0.25) is 9.59 Å². The van der Waals surface area contributed by atoms with E-state index in [0.29, 0.717) is 15.6 Å². The quantitative estimate of drug-likeness (QED) is 0.636. The summed E-state index contributed by atoms with van der Waals surface area (Å²) in [6.45, 7) is 0.0261. The molecule has 0 saturated heterocycles. The molecule has 24 heavy (non-hydrogen) atoms. The second-order valence-corrected chi connectivity index (χ2v) is 5.92. The molecule has 0 fully saturated rings. The minimum atomic E-state index is -0.915. The molecular weight excluding hydrogens is 332 g/mol. The molecule has 1 unspecified atom stereocenters. The van der Waals surface area contributed by atoms with Gasteiger partial charge in [0.25, 0.3) is 11.8 Å². The molecule has 7 nitrogen and oxygen atoms in total. The van der Waals surface area contributed by atoms with Crippen LogP contribution in [0.5, 0.6) is 0 Å². The van der Waals surface area contributed by atoms with E-state index in [1.54, 1.807) is 36.4 Å². The van der Waals surface area contributed by atoms with Crippen LogP contribution >= 0.6 is 11.3 Å². The molecule has 0 spiro atoms. The number of aliphatic hydroxyl groups excluding tert-OH is 1. The van der Waals surface area contributed by atoms with E-state index in [4.69, 9.17) is 8.83 Å². The van der Waals surface area contributed by atoms with Crippen molar-refractivity contribution in [2.75, 3.05) is 11.9 Å². The maximum absolute atomic E-state index is 12.1. The maximum Gasteiger partial charge on any atom is 0.291 e. The zero-order valence-corrected chi connectivity index (χ0v) is 13.2. The number of furan rings is 2. The molecule has 0 saturated carbocycles. The number of carbonyl (C=O) groups excluding carboxylic acids is 2. The van der Waals surface area contributed by atoms with Crippen LogP contribution in [-0.4, -0.2) is 23.5 Å². The SMILES string of the molecule is O=C(Nc1ccc(C(=O)NCC(O)c2ccco2)s1)c1ccco1. The Hall–Kier alpha value is -2.84. The summed E-state index contributed by atoms with van der Waals surface area (Å²) in [5.41, 5.74) is 0. The number of thiophene rings is 1. The van der Waals surface area contributed by atoms with E-state index in [1.807, 2.05) is 0 Å². The van der Waals surface area contributed by atoms with Crippen molar-refractivity contribution in [2.45, 2.75) is 6.10 Å². The second kappa shape index (κ2) is 7.16. The zero-order valence-electron chi connectivity index (χ0n) is 12.4. The molecule has 0 aliphatic rings. The number of anilines is 1. The van der Waals surface area contributed by atoms with Crippen molar-refractivity contribution in [3.63, 3.8) is 0 Å². The lowest BCUT2D eigenvalue weighted by molar-refractivity contribution is 0.0904. The Labute approximate surface area is 140 Å². The van der Waals surface area contributed by atoms with Gasteiger partial charge in [0.1, 0.15) is 11.9 Å². The van der Waals surface area contributed by atoms with Gasteiger partial charge in [-0.2, -0.15) is 0 Å². The van der Waals surface area contributed by atoms with E-state index in [0.717, 1.165) is 11.3 Å². The number of rotatable bonds is 6. The van der Waals surface area contributed by atoms with Gasteiger partial charge in [-0.05, 0) is 36.4 Å². The fourth-order valence-electron chi connectivity index (χ4n) is 1.97. The Kier molecular flexibility index (Phi) is 4.78. The van der Waals surface area contributed by atoms with Gasteiger partial charge < -0.3 is 24.6 Å². The van der Waals surface area contributed by atoms with Gasteiger partial charge in [-0.15, -0.1) is 11.3 Å². The van der Waals surface area contributed by atoms with Crippen LogP contribution in [0.25, 0.3) is 0 Å². The Morgan fingerprint density at radius 2 is 1.88 bits per heavy atom. The van der Waals surface area contributed by atoms with Crippen molar-refractivity contribution in [2.24, 2.45) is 0 Å². The molecule has 0 bridgehead atoms. The smallest absolute Gasteiger partial charge is 0.291 e. The molecule has 0 aliphatic carbocycles. The largest absolute Gasteiger partial charge is 0.467 e. The molecule has 3 heterocycles. The van der Waals surface area contributed by atoms with E-state index in [2.05, 4.69) is 10.6 Å². The molecule has 3 N–H and O–H groups in total. The summed E-state index contributed by atoms with van der Waals surface area (Å²) in [4.78, 5) is 24.3. The summed E-state index contributed by atoms with van der Waals surface area (Å²) in [6.07, 6.45) is 1.95. The average Bonchev–Trinajstić information content (AvgIpc) is 3.33. The third-order valence-electron chi connectivity index (χ3n) is 3.14. The lowest BCUT2D eigenvalue weighted by Crippen LogP contribution is -2.27. The van der Waals surface area contributed by atoms with Gasteiger partial charge in [0.15, 0.2) is 5.76 Å². The summed E-state index contributed by atoms with van der Waals surface area (Å²) < 4.78 is 10.1. The molecule has 8 heteroatoms. The highest BCUT2D eigenvalue weighted by molar-refractivity contribution is 7.18. The number of hydrogen-bond donors (Lipinski definition) is 3. The van der Waals surface area contributed by atoms with Gasteiger partial charge >= 0.3 is 0 Å². The molecule has 3 rings (SSSR count). The van der Waals surface area contributed by atoms with Crippen LogP contribution in [-0.2, 0) is 0 Å². The van der Waals surface area contributed by atoms with Gasteiger partial charge in [-0.1, -0.05) is 0 Å². The summed E-state index contributed by atoms with van der Waals surface area (Å²) in [5.74, 6) is -0.157. The molecule has 0 aromatic carbocycles. The predicted molar refractivity (Wildman–Crippen MR) is 87.0 cm³/mol. The van der Waals surface area contributed by atoms with E-state index in [1.165, 1.54) is 12.5 Å². The van der Waals surface area contributed by atoms with Crippen molar-refractivity contribution in [3.05, 3.63) is 65.3 Å². The summed E-state index contributed by atoms with van der Waals surface area (Å²) in [7, 11) is 0. The standard InChI is InChI=1S/C16H14N2O5S/c19-10(11-3-1-7-22-11)9-17-16(21)13-5-6-14(24-13)18-15(20)12-4-2-8-23-12/h1-8,10,19H,9H2,(H,17,21)(H,18,20). The highest BCUT2D eigenvalue weighted by Crippen LogP contribution is 2.23. The highest BCUT2D eigenvalue weighted by Gasteiger charge is 2.15. The monoisotopic (exact) mass is 346 g/mol. The lowest BCUT2D eigenvalue weighted by Gasteiger charge is -2.08. The minimum absolute atomic E-state index is 0.0261. The van der Waals surface area contributed by atoms with Crippen LogP contribution in [0.3, 0.4) is 0 Å². The highest BCUT2D eigenvalue weighted by atomic mass is 32.1. The van der Waals surface area contributed by atoms with Crippen LogP contribution in [0.15, 0.2) is 57.8 Å². The third-order valence-corrected chi connectivity index (χ3v) is 4.14. The molecule has 0 aliphatic heterocycles. The van der Waals surface area contributed by atoms with Crippen molar-refractivity contribution in [1.82, 2.24) is 5.32 Å². The topological polar surface area (TPSA) is 105 Å².